The van der Waals surface area contributed by atoms with Gasteiger partial charge in [0.25, 0.3) is 11.6 Å². The van der Waals surface area contributed by atoms with Gasteiger partial charge >= 0.3 is 5.97 Å². The van der Waals surface area contributed by atoms with Crippen LogP contribution in [-0.4, -0.2) is 30.5 Å². The monoisotopic (exact) mass is 376 g/mol. The van der Waals surface area contributed by atoms with Crippen LogP contribution in [0.2, 0.25) is 0 Å². The van der Waals surface area contributed by atoms with Crippen LogP contribution in [0, 0.1) is 10.1 Å². The number of carbonyl (C=O) groups is 2. The molecule has 0 aliphatic heterocycles. The molecule has 136 valence electrons. The molecule has 0 radical (unpaired) electrons. The molecule has 9 heteroatoms. The van der Waals surface area contributed by atoms with Crippen molar-refractivity contribution in [1.29, 1.82) is 0 Å². The van der Waals surface area contributed by atoms with Crippen molar-refractivity contribution in [2.45, 2.75) is 19.3 Å². The Morgan fingerprint density at radius 3 is 2.81 bits per heavy atom. The SMILES string of the molecule is COc1cc([N+](=O)[O-])ccc1NC(=O)COC(=O)c1cc2c(s1)CCC2. The summed E-state index contributed by atoms with van der Waals surface area (Å²) < 4.78 is 10.1. The van der Waals surface area contributed by atoms with Gasteiger partial charge in [-0.2, -0.15) is 0 Å². The first-order valence-corrected chi connectivity index (χ1v) is 8.70. The highest BCUT2D eigenvalue weighted by atomic mass is 32.1. The second-order valence-corrected chi connectivity index (χ2v) is 6.82. The van der Waals surface area contributed by atoms with Gasteiger partial charge in [-0.15, -0.1) is 11.3 Å². The number of methoxy groups -OCH3 is 1. The van der Waals surface area contributed by atoms with E-state index in [0.29, 0.717) is 4.88 Å². The minimum absolute atomic E-state index is 0.147. The molecule has 0 saturated heterocycles. The Labute approximate surface area is 152 Å². The summed E-state index contributed by atoms with van der Waals surface area (Å²) in [5.74, 6) is -0.946. The van der Waals surface area contributed by atoms with Gasteiger partial charge in [-0.3, -0.25) is 14.9 Å². The van der Waals surface area contributed by atoms with Crippen LogP contribution in [0.1, 0.15) is 26.5 Å². The number of hydrogen-bond acceptors (Lipinski definition) is 7. The molecule has 1 amide bonds. The summed E-state index contributed by atoms with van der Waals surface area (Å²) in [6.45, 7) is -0.457. The predicted octanol–water partition coefficient (Wildman–Crippen LogP) is 2.95. The number of fused-ring (bicyclic) bond motifs is 1. The number of nitrogens with one attached hydrogen (secondary N) is 1. The van der Waals surface area contributed by atoms with E-state index < -0.39 is 23.4 Å². The van der Waals surface area contributed by atoms with Gasteiger partial charge in [0.1, 0.15) is 10.6 Å². The van der Waals surface area contributed by atoms with Crippen LogP contribution in [0.4, 0.5) is 11.4 Å². The number of anilines is 1. The quantitative estimate of drug-likeness (QED) is 0.472. The van der Waals surface area contributed by atoms with Gasteiger partial charge in [0, 0.05) is 10.9 Å². The fourth-order valence-corrected chi connectivity index (χ4v) is 3.86. The molecule has 26 heavy (non-hydrogen) atoms. The number of benzene rings is 1. The van der Waals surface area contributed by atoms with E-state index in [1.807, 2.05) is 6.07 Å². The summed E-state index contributed by atoms with van der Waals surface area (Å²) in [6, 6.07) is 5.64. The molecule has 1 aliphatic carbocycles. The number of amides is 1. The highest BCUT2D eigenvalue weighted by Gasteiger charge is 2.20. The van der Waals surface area contributed by atoms with Crippen molar-refractivity contribution in [2.75, 3.05) is 19.0 Å². The number of nitro benzene ring substituents is 1. The second-order valence-electron chi connectivity index (χ2n) is 5.68. The van der Waals surface area contributed by atoms with Crippen LogP contribution in [0.25, 0.3) is 0 Å². The first-order valence-electron chi connectivity index (χ1n) is 7.89. The zero-order chi connectivity index (χ0) is 18.7. The number of non-ortho nitro benzene ring substituents is 1. The number of nitrogens with zero attached hydrogens (tertiary/aromatic N) is 1. The Hall–Kier alpha value is -2.94. The van der Waals surface area contributed by atoms with Gasteiger partial charge in [-0.1, -0.05) is 0 Å². The number of thiophene rings is 1. The van der Waals surface area contributed by atoms with Gasteiger partial charge in [-0.25, -0.2) is 4.79 Å². The lowest BCUT2D eigenvalue weighted by Gasteiger charge is -2.10. The van der Waals surface area contributed by atoms with Crippen molar-refractivity contribution in [3.8, 4) is 5.75 Å². The minimum Gasteiger partial charge on any atom is -0.494 e. The van der Waals surface area contributed by atoms with Crippen molar-refractivity contribution in [1.82, 2.24) is 0 Å². The normalized spacial score (nSPS) is 12.3. The van der Waals surface area contributed by atoms with Crippen molar-refractivity contribution in [3.05, 3.63) is 49.7 Å². The van der Waals surface area contributed by atoms with Crippen LogP contribution >= 0.6 is 11.3 Å². The van der Waals surface area contributed by atoms with E-state index in [-0.39, 0.29) is 17.1 Å². The van der Waals surface area contributed by atoms with Crippen molar-refractivity contribution in [2.24, 2.45) is 0 Å². The molecule has 1 aliphatic rings. The lowest BCUT2D eigenvalue weighted by molar-refractivity contribution is -0.384. The first kappa shape index (κ1) is 17.9. The Bertz CT molecular complexity index is 855. The molecular formula is C17H16N2O6S. The zero-order valence-electron chi connectivity index (χ0n) is 13.9. The summed E-state index contributed by atoms with van der Waals surface area (Å²) in [6.07, 6.45) is 3.06. The molecule has 0 unspecified atom stereocenters. The molecule has 0 saturated carbocycles. The maximum Gasteiger partial charge on any atom is 0.348 e. The summed E-state index contributed by atoms with van der Waals surface area (Å²) in [5.41, 5.74) is 1.29. The molecule has 0 atom stereocenters. The number of ether oxygens (including phenoxy) is 2. The summed E-state index contributed by atoms with van der Waals surface area (Å²) in [7, 11) is 1.34. The minimum atomic E-state index is -0.561. The van der Waals surface area contributed by atoms with Gasteiger partial charge in [0.2, 0.25) is 0 Å². The molecule has 1 N–H and O–H groups in total. The third-order valence-corrected chi connectivity index (χ3v) is 5.17. The highest BCUT2D eigenvalue weighted by Crippen LogP contribution is 2.31. The van der Waals surface area contributed by atoms with Crippen molar-refractivity contribution >= 4 is 34.6 Å². The van der Waals surface area contributed by atoms with Gasteiger partial charge < -0.3 is 14.8 Å². The molecule has 2 aromatic rings. The Kier molecular flexibility index (Phi) is 5.17. The Balaban J connectivity index is 1.58. The van der Waals surface area contributed by atoms with E-state index in [9.17, 15) is 19.7 Å². The number of nitro groups is 1. The lowest BCUT2D eigenvalue weighted by Crippen LogP contribution is -2.21. The van der Waals surface area contributed by atoms with Gasteiger partial charge in [0.15, 0.2) is 6.61 Å². The number of rotatable bonds is 6. The smallest absolute Gasteiger partial charge is 0.348 e. The predicted molar refractivity (Wildman–Crippen MR) is 94.9 cm³/mol. The van der Waals surface area contributed by atoms with E-state index in [0.717, 1.165) is 19.3 Å². The maximum atomic E-state index is 12.1. The summed E-state index contributed by atoms with van der Waals surface area (Å²) >= 11 is 1.41. The van der Waals surface area contributed by atoms with E-state index >= 15 is 0 Å². The molecule has 1 heterocycles. The zero-order valence-corrected chi connectivity index (χ0v) is 14.8. The molecule has 3 rings (SSSR count). The Morgan fingerprint density at radius 2 is 2.12 bits per heavy atom. The summed E-state index contributed by atoms with van der Waals surface area (Å²) in [4.78, 5) is 36.0. The van der Waals surface area contributed by atoms with Crippen molar-refractivity contribution < 1.29 is 24.0 Å². The fourth-order valence-electron chi connectivity index (χ4n) is 2.71. The van der Waals surface area contributed by atoms with E-state index in [1.54, 1.807) is 0 Å². The molecule has 1 aromatic heterocycles. The second kappa shape index (κ2) is 7.52. The van der Waals surface area contributed by atoms with Crippen molar-refractivity contribution in [3.63, 3.8) is 0 Å². The third-order valence-electron chi connectivity index (χ3n) is 3.95. The highest BCUT2D eigenvalue weighted by molar-refractivity contribution is 7.14. The topological polar surface area (TPSA) is 108 Å². The average molecular weight is 376 g/mol. The molecule has 0 bridgehead atoms. The van der Waals surface area contributed by atoms with E-state index in [4.69, 9.17) is 9.47 Å². The number of aryl methyl sites for hydroxylation is 2. The molecule has 1 aromatic carbocycles. The van der Waals surface area contributed by atoms with Crippen LogP contribution in [0.15, 0.2) is 24.3 Å². The molecule has 0 fully saturated rings. The van der Waals surface area contributed by atoms with Crippen LogP contribution in [0.3, 0.4) is 0 Å². The van der Waals surface area contributed by atoms with Crippen LogP contribution < -0.4 is 10.1 Å². The van der Waals surface area contributed by atoms with Gasteiger partial charge in [0.05, 0.1) is 23.8 Å². The number of hydrogen-bond donors (Lipinski definition) is 1. The molecule has 0 spiro atoms. The number of esters is 1. The molecule has 8 nitrogen and oxygen atoms in total. The maximum absolute atomic E-state index is 12.1. The molecular weight excluding hydrogens is 360 g/mol. The van der Waals surface area contributed by atoms with E-state index in [1.165, 1.54) is 47.1 Å². The largest absolute Gasteiger partial charge is 0.494 e. The first-order chi connectivity index (χ1) is 12.5. The Morgan fingerprint density at radius 1 is 1.31 bits per heavy atom. The van der Waals surface area contributed by atoms with E-state index in [2.05, 4.69) is 5.32 Å². The fraction of sp³-hybridized carbons (Fsp3) is 0.294. The standard InChI is InChI=1S/C17H16N2O6S/c1-24-13-8-11(19(22)23)5-6-12(13)18-16(20)9-25-17(21)15-7-10-3-2-4-14(10)26-15/h5-8H,2-4,9H2,1H3,(H,18,20). The third kappa shape index (κ3) is 3.83. The van der Waals surface area contributed by atoms with Crippen LogP contribution in [0.5, 0.6) is 5.75 Å². The lowest BCUT2D eigenvalue weighted by atomic mass is 10.2. The van der Waals surface area contributed by atoms with Crippen LogP contribution in [-0.2, 0) is 22.4 Å². The van der Waals surface area contributed by atoms with Gasteiger partial charge in [-0.05, 0) is 37.0 Å². The summed E-state index contributed by atoms with van der Waals surface area (Å²) in [5, 5.41) is 13.3. The average Bonchev–Trinajstić information content (AvgIpc) is 3.21. The number of carbonyl (C=O) groups excluding carboxylic acids is 2.